The molecule has 9 heteroatoms. The summed E-state index contributed by atoms with van der Waals surface area (Å²) in [5.74, 6) is -1.51. The van der Waals surface area contributed by atoms with Crippen LogP contribution in [0.5, 0.6) is 5.75 Å². The van der Waals surface area contributed by atoms with Gasteiger partial charge < -0.3 is 19.2 Å². The minimum atomic E-state index is -3.00. The molecule has 152 valence electrons. The lowest BCUT2D eigenvalue weighted by Gasteiger charge is -2.35. The number of rotatable bonds is 3. The van der Waals surface area contributed by atoms with Gasteiger partial charge in [0.1, 0.15) is 11.3 Å². The number of H-pyrrole nitrogens is 1. The van der Waals surface area contributed by atoms with Crippen molar-refractivity contribution in [3.8, 4) is 17.1 Å². The monoisotopic (exact) mass is 403 g/mol. The zero-order chi connectivity index (χ0) is 21.1. The van der Waals surface area contributed by atoms with Gasteiger partial charge in [0, 0.05) is 6.20 Å². The molecule has 2 N–H and O–H groups in total. The zero-order valence-corrected chi connectivity index (χ0v) is 16.0. The van der Waals surface area contributed by atoms with Crippen LogP contribution < -0.4 is 10.3 Å². The van der Waals surface area contributed by atoms with Crippen molar-refractivity contribution < 1.29 is 23.4 Å². The quantitative estimate of drug-likeness (QED) is 0.696. The molecule has 4 rings (SSSR count). The number of aromatic amines is 1. The molecule has 0 fully saturated rings. The molecule has 1 atom stereocenters. The van der Waals surface area contributed by atoms with Gasteiger partial charge in [0.25, 0.3) is 5.56 Å². The van der Waals surface area contributed by atoms with Crippen LogP contribution in [0.15, 0.2) is 29.2 Å². The Labute approximate surface area is 164 Å². The predicted molar refractivity (Wildman–Crippen MR) is 101 cm³/mol. The maximum atomic E-state index is 12.8. The maximum absolute atomic E-state index is 12.8. The van der Waals surface area contributed by atoms with Crippen LogP contribution in [-0.4, -0.2) is 32.1 Å². The number of hydrogen-bond donors (Lipinski definition) is 2. The average molecular weight is 403 g/mol. The van der Waals surface area contributed by atoms with Crippen molar-refractivity contribution in [3.05, 3.63) is 51.6 Å². The first-order chi connectivity index (χ1) is 13.6. The lowest BCUT2D eigenvalue weighted by atomic mass is 9.70. The number of carbonyl (C=O) groups is 1. The third-order valence-corrected chi connectivity index (χ3v) is 5.29. The van der Waals surface area contributed by atoms with Gasteiger partial charge in [-0.3, -0.25) is 4.79 Å². The van der Waals surface area contributed by atoms with Gasteiger partial charge in [-0.1, -0.05) is 20.8 Å². The summed E-state index contributed by atoms with van der Waals surface area (Å²) in [6.45, 7) is 3.06. The number of aromatic nitrogens is 3. The van der Waals surface area contributed by atoms with E-state index >= 15 is 0 Å². The minimum Gasteiger partial charge on any atom is -0.477 e. The van der Waals surface area contributed by atoms with Crippen LogP contribution in [0.3, 0.4) is 0 Å². The molecular formula is C20H19F2N3O4. The van der Waals surface area contributed by atoms with E-state index in [1.165, 1.54) is 12.1 Å². The summed E-state index contributed by atoms with van der Waals surface area (Å²) in [5.41, 5.74) is 1.12. The van der Waals surface area contributed by atoms with Gasteiger partial charge in [0.05, 0.1) is 11.4 Å². The first kappa shape index (κ1) is 19.1. The first-order valence-corrected chi connectivity index (χ1v) is 9.03. The summed E-state index contributed by atoms with van der Waals surface area (Å²) in [5, 5.41) is 9.36. The van der Waals surface area contributed by atoms with Crippen molar-refractivity contribution in [2.75, 3.05) is 0 Å². The molecule has 0 saturated heterocycles. The number of imidazole rings is 1. The molecule has 7 nitrogen and oxygen atoms in total. The van der Waals surface area contributed by atoms with Gasteiger partial charge in [-0.25, -0.2) is 9.78 Å². The summed E-state index contributed by atoms with van der Waals surface area (Å²) in [7, 11) is 0. The fourth-order valence-electron chi connectivity index (χ4n) is 3.93. The minimum absolute atomic E-state index is 0.0738. The highest BCUT2D eigenvalue weighted by Gasteiger charge is 2.37. The number of halogens is 2. The van der Waals surface area contributed by atoms with Gasteiger partial charge in [0.15, 0.2) is 11.4 Å². The Kier molecular flexibility index (Phi) is 4.21. The highest BCUT2D eigenvalue weighted by molar-refractivity contribution is 5.88. The van der Waals surface area contributed by atoms with Gasteiger partial charge >= 0.3 is 12.6 Å². The first-order valence-electron chi connectivity index (χ1n) is 9.03. The summed E-state index contributed by atoms with van der Waals surface area (Å²) in [6, 6.07) is 4.39. The zero-order valence-electron chi connectivity index (χ0n) is 16.0. The molecule has 0 radical (unpaired) electrons. The molecule has 0 amide bonds. The van der Waals surface area contributed by atoms with Crippen LogP contribution in [0.2, 0.25) is 0 Å². The van der Waals surface area contributed by atoms with Crippen LogP contribution in [0.1, 0.15) is 48.3 Å². The maximum Gasteiger partial charge on any atom is 0.387 e. The smallest absolute Gasteiger partial charge is 0.387 e. The SMILES string of the molecule is CC(C)(C)C1Cc2c(nc3c(OC(F)F)cccn23)-c2[nH]c(=O)c(C(=O)O)cc21. The highest BCUT2D eigenvalue weighted by atomic mass is 19.3. The lowest BCUT2D eigenvalue weighted by molar-refractivity contribution is -0.0491. The molecule has 0 spiro atoms. The third-order valence-electron chi connectivity index (χ3n) is 5.29. The Bertz CT molecular complexity index is 1190. The van der Waals surface area contributed by atoms with Crippen molar-refractivity contribution in [1.29, 1.82) is 0 Å². The molecule has 1 unspecified atom stereocenters. The third kappa shape index (κ3) is 3.06. The van der Waals surface area contributed by atoms with Crippen LogP contribution in [0.25, 0.3) is 17.0 Å². The normalized spacial score (nSPS) is 16.0. The topological polar surface area (TPSA) is 96.7 Å². The second-order valence-electron chi connectivity index (χ2n) is 8.12. The Morgan fingerprint density at radius 2 is 2.14 bits per heavy atom. The van der Waals surface area contributed by atoms with Crippen molar-refractivity contribution in [3.63, 3.8) is 0 Å². The Morgan fingerprint density at radius 1 is 1.41 bits per heavy atom. The van der Waals surface area contributed by atoms with Gasteiger partial charge in [-0.15, -0.1) is 0 Å². The molecule has 1 aliphatic carbocycles. The summed E-state index contributed by atoms with van der Waals surface area (Å²) in [4.78, 5) is 30.9. The number of alkyl halides is 2. The molecule has 29 heavy (non-hydrogen) atoms. The lowest BCUT2D eigenvalue weighted by Crippen LogP contribution is -2.29. The molecule has 3 aromatic heterocycles. The van der Waals surface area contributed by atoms with Gasteiger partial charge in [-0.05, 0) is 41.5 Å². The second-order valence-corrected chi connectivity index (χ2v) is 8.12. The average Bonchev–Trinajstić information content (AvgIpc) is 2.99. The molecule has 3 heterocycles. The van der Waals surface area contributed by atoms with Gasteiger partial charge in [0.2, 0.25) is 0 Å². The molecule has 1 aliphatic rings. The van der Waals surface area contributed by atoms with Crippen LogP contribution in [-0.2, 0) is 6.42 Å². The van der Waals surface area contributed by atoms with Gasteiger partial charge in [-0.2, -0.15) is 8.78 Å². The number of ether oxygens (including phenoxy) is 1. The molecule has 0 bridgehead atoms. The number of hydrogen-bond acceptors (Lipinski definition) is 4. The fourth-order valence-corrected chi connectivity index (χ4v) is 3.93. The summed E-state index contributed by atoms with van der Waals surface area (Å²) >= 11 is 0. The van der Waals surface area contributed by atoms with E-state index in [4.69, 9.17) is 0 Å². The number of nitrogens with one attached hydrogen (secondary N) is 1. The van der Waals surface area contributed by atoms with Crippen molar-refractivity contribution in [1.82, 2.24) is 14.4 Å². The van der Waals surface area contributed by atoms with E-state index in [0.717, 1.165) is 5.69 Å². The van der Waals surface area contributed by atoms with E-state index in [-0.39, 0.29) is 28.3 Å². The highest BCUT2D eigenvalue weighted by Crippen LogP contribution is 2.46. The number of nitrogens with zero attached hydrogens (tertiary/aromatic N) is 2. The molecule has 0 aliphatic heterocycles. The molecule has 3 aromatic rings. The van der Waals surface area contributed by atoms with Crippen molar-refractivity contribution in [2.24, 2.45) is 5.41 Å². The van der Waals surface area contributed by atoms with E-state index in [2.05, 4.69) is 14.7 Å². The molecular weight excluding hydrogens is 384 g/mol. The second kappa shape index (κ2) is 6.40. The number of carboxylic acid groups (broad SMARTS) is 1. The van der Waals surface area contributed by atoms with E-state index in [9.17, 15) is 23.5 Å². The van der Waals surface area contributed by atoms with E-state index < -0.39 is 18.1 Å². The van der Waals surface area contributed by atoms with Crippen LogP contribution in [0.4, 0.5) is 8.78 Å². The van der Waals surface area contributed by atoms with Crippen LogP contribution in [0, 0.1) is 5.41 Å². The largest absolute Gasteiger partial charge is 0.477 e. The Balaban J connectivity index is 2.03. The van der Waals surface area contributed by atoms with Crippen LogP contribution >= 0.6 is 0 Å². The number of fused-ring (bicyclic) bond motifs is 5. The predicted octanol–water partition coefficient (Wildman–Crippen LogP) is 3.68. The van der Waals surface area contributed by atoms with Crippen molar-refractivity contribution >= 4 is 11.6 Å². The fraction of sp³-hybridized carbons (Fsp3) is 0.350. The Morgan fingerprint density at radius 3 is 2.76 bits per heavy atom. The van der Waals surface area contributed by atoms with E-state index in [1.807, 2.05) is 20.8 Å². The number of pyridine rings is 2. The summed E-state index contributed by atoms with van der Waals surface area (Å²) in [6.07, 6.45) is 2.20. The van der Waals surface area contributed by atoms with Crippen molar-refractivity contribution in [2.45, 2.75) is 39.7 Å². The molecule has 0 saturated carbocycles. The summed E-state index contributed by atoms with van der Waals surface area (Å²) < 4.78 is 31.9. The standard InChI is InChI=1S/C20H19F2N3O4/c1-20(2,3)11-8-12-15(14-9(11)7-10(18(27)28)17(26)24-14)23-16-13(29-19(21)22)5-4-6-25(12)16/h4-7,11,19H,8H2,1-3H3,(H,24,26)(H,27,28). The number of carboxylic acids is 1. The Hall–Kier alpha value is -3.23. The molecule has 0 aromatic carbocycles. The number of aromatic carboxylic acids is 1. The van der Waals surface area contributed by atoms with E-state index in [1.54, 1.807) is 16.7 Å². The van der Waals surface area contributed by atoms with E-state index in [0.29, 0.717) is 23.4 Å².